The zero-order chi connectivity index (χ0) is 22.4. The first kappa shape index (κ1) is 22.4. The highest BCUT2D eigenvalue weighted by molar-refractivity contribution is 5.90. The molecule has 0 spiro atoms. The lowest BCUT2D eigenvalue weighted by molar-refractivity contribution is -0.132. The van der Waals surface area contributed by atoms with Gasteiger partial charge in [-0.2, -0.15) is 0 Å². The summed E-state index contributed by atoms with van der Waals surface area (Å²) >= 11 is 0. The van der Waals surface area contributed by atoms with Crippen molar-refractivity contribution < 1.29 is 14.3 Å². The summed E-state index contributed by atoms with van der Waals surface area (Å²) in [6.07, 6.45) is 0.783. The quantitative estimate of drug-likeness (QED) is 0.551. The SMILES string of the molecule is CCc1cccc2nnc([C@@H](COCc3ccccc3)NC(=O)C(C)(C)NC(C)=O)n12. The molecule has 2 N–H and O–H groups in total. The number of carbonyl (C=O) groups is 2. The summed E-state index contributed by atoms with van der Waals surface area (Å²) in [7, 11) is 0. The van der Waals surface area contributed by atoms with Crippen LogP contribution in [0.4, 0.5) is 0 Å². The van der Waals surface area contributed by atoms with Crippen LogP contribution in [0.5, 0.6) is 0 Å². The Morgan fingerprint density at radius 1 is 1.10 bits per heavy atom. The molecule has 2 heterocycles. The standard InChI is InChI=1S/C23H29N5O3/c1-5-18-12-9-13-20-26-27-21(28(18)20)19(15-31-14-17-10-7-6-8-11-17)24-22(30)23(3,4)25-16(2)29/h6-13,19H,5,14-15H2,1-4H3,(H,24,30)(H,25,29)/t19-/m1/s1. The number of aryl methyl sites for hydroxylation is 1. The van der Waals surface area contributed by atoms with Crippen LogP contribution in [0.3, 0.4) is 0 Å². The number of hydrogen-bond donors (Lipinski definition) is 2. The third-order valence-corrected chi connectivity index (χ3v) is 4.97. The molecule has 0 aliphatic rings. The molecule has 8 nitrogen and oxygen atoms in total. The number of carbonyl (C=O) groups excluding carboxylic acids is 2. The predicted molar refractivity (Wildman–Crippen MR) is 117 cm³/mol. The molecule has 8 heteroatoms. The number of pyridine rings is 1. The summed E-state index contributed by atoms with van der Waals surface area (Å²) in [5.41, 5.74) is 1.68. The van der Waals surface area contributed by atoms with Gasteiger partial charge in [-0.1, -0.05) is 43.3 Å². The second-order valence-electron chi connectivity index (χ2n) is 7.96. The normalized spacial score (nSPS) is 12.5. The highest BCUT2D eigenvalue weighted by atomic mass is 16.5. The fraction of sp³-hybridized carbons (Fsp3) is 0.391. The van der Waals surface area contributed by atoms with Gasteiger partial charge in [0.05, 0.1) is 13.2 Å². The Bertz CT molecular complexity index is 1050. The van der Waals surface area contributed by atoms with E-state index in [0.29, 0.717) is 18.1 Å². The number of nitrogens with one attached hydrogen (secondary N) is 2. The van der Waals surface area contributed by atoms with E-state index < -0.39 is 11.6 Å². The zero-order valence-corrected chi connectivity index (χ0v) is 18.4. The van der Waals surface area contributed by atoms with Crippen LogP contribution < -0.4 is 10.6 Å². The molecule has 0 aliphatic heterocycles. The molecule has 2 aromatic heterocycles. The fourth-order valence-electron chi connectivity index (χ4n) is 3.42. The van der Waals surface area contributed by atoms with Gasteiger partial charge in [0.2, 0.25) is 11.8 Å². The molecule has 0 saturated carbocycles. The van der Waals surface area contributed by atoms with Crippen molar-refractivity contribution in [1.29, 1.82) is 0 Å². The Morgan fingerprint density at radius 3 is 2.52 bits per heavy atom. The maximum Gasteiger partial charge on any atom is 0.245 e. The topological polar surface area (TPSA) is 97.6 Å². The Balaban J connectivity index is 1.87. The van der Waals surface area contributed by atoms with Gasteiger partial charge in [-0.3, -0.25) is 14.0 Å². The second kappa shape index (κ2) is 9.70. The molecule has 3 aromatic rings. The smallest absolute Gasteiger partial charge is 0.245 e. The van der Waals surface area contributed by atoms with Crippen LogP contribution in [-0.2, 0) is 27.4 Å². The van der Waals surface area contributed by atoms with Crippen molar-refractivity contribution >= 4 is 17.5 Å². The van der Waals surface area contributed by atoms with Crippen LogP contribution in [0.15, 0.2) is 48.5 Å². The number of nitrogens with zero attached hydrogens (tertiary/aromatic N) is 3. The number of rotatable bonds is 9. The molecule has 0 radical (unpaired) electrons. The van der Waals surface area contributed by atoms with E-state index in [1.807, 2.05) is 52.9 Å². The number of aromatic nitrogens is 3. The molecule has 1 atom stereocenters. The van der Waals surface area contributed by atoms with Gasteiger partial charge in [0.15, 0.2) is 11.5 Å². The molecule has 0 fully saturated rings. The first-order valence-electron chi connectivity index (χ1n) is 10.4. The van der Waals surface area contributed by atoms with Crippen LogP contribution in [0, 0.1) is 0 Å². The maximum absolute atomic E-state index is 13.0. The summed E-state index contributed by atoms with van der Waals surface area (Å²) in [6.45, 7) is 7.36. The van der Waals surface area contributed by atoms with E-state index in [-0.39, 0.29) is 18.4 Å². The monoisotopic (exact) mass is 423 g/mol. The minimum Gasteiger partial charge on any atom is -0.374 e. The fourth-order valence-corrected chi connectivity index (χ4v) is 3.42. The van der Waals surface area contributed by atoms with E-state index in [2.05, 4.69) is 27.8 Å². The first-order chi connectivity index (χ1) is 14.8. The molecular formula is C23H29N5O3. The van der Waals surface area contributed by atoms with Crippen LogP contribution in [0.2, 0.25) is 0 Å². The van der Waals surface area contributed by atoms with Crippen LogP contribution in [0.1, 0.15) is 50.8 Å². The van der Waals surface area contributed by atoms with Crippen molar-refractivity contribution in [2.75, 3.05) is 6.61 Å². The highest BCUT2D eigenvalue weighted by Gasteiger charge is 2.32. The van der Waals surface area contributed by atoms with E-state index >= 15 is 0 Å². The van der Waals surface area contributed by atoms with E-state index in [1.54, 1.807) is 13.8 Å². The molecule has 1 aromatic carbocycles. The zero-order valence-electron chi connectivity index (χ0n) is 18.4. The largest absolute Gasteiger partial charge is 0.374 e. The van der Waals surface area contributed by atoms with Crippen molar-refractivity contribution in [3.63, 3.8) is 0 Å². The predicted octanol–water partition coefficient (Wildman–Crippen LogP) is 2.58. The summed E-state index contributed by atoms with van der Waals surface area (Å²) in [4.78, 5) is 24.5. The molecule has 2 amide bonds. The van der Waals surface area contributed by atoms with Gasteiger partial charge in [0, 0.05) is 12.6 Å². The van der Waals surface area contributed by atoms with Crippen LogP contribution in [-0.4, -0.2) is 38.6 Å². The van der Waals surface area contributed by atoms with Crippen molar-refractivity contribution in [3.8, 4) is 0 Å². The first-order valence-corrected chi connectivity index (χ1v) is 10.4. The minimum atomic E-state index is -1.09. The number of amides is 2. The molecule has 0 saturated heterocycles. The van der Waals surface area contributed by atoms with E-state index in [1.165, 1.54) is 6.92 Å². The average Bonchev–Trinajstić information content (AvgIpc) is 3.17. The molecule has 0 unspecified atom stereocenters. The van der Waals surface area contributed by atoms with Crippen LogP contribution >= 0.6 is 0 Å². The maximum atomic E-state index is 13.0. The average molecular weight is 424 g/mol. The molecule has 3 rings (SSSR count). The molecular weight excluding hydrogens is 394 g/mol. The van der Waals surface area contributed by atoms with Gasteiger partial charge in [-0.05, 0) is 38.0 Å². The van der Waals surface area contributed by atoms with Crippen molar-refractivity contribution in [3.05, 3.63) is 65.6 Å². The Kier molecular flexibility index (Phi) is 7.02. The van der Waals surface area contributed by atoms with Gasteiger partial charge >= 0.3 is 0 Å². The lowest BCUT2D eigenvalue weighted by Gasteiger charge is -2.27. The van der Waals surface area contributed by atoms with Gasteiger partial charge in [0.25, 0.3) is 0 Å². The lowest BCUT2D eigenvalue weighted by atomic mass is 10.0. The van der Waals surface area contributed by atoms with Crippen molar-refractivity contribution in [1.82, 2.24) is 25.2 Å². The van der Waals surface area contributed by atoms with E-state index in [9.17, 15) is 9.59 Å². The van der Waals surface area contributed by atoms with Crippen molar-refractivity contribution in [2.24, 2.45) is 0 Å². The molecule has 164 valence electrons. The third kappa shape index (κ3) is 5.46. The Hall–Kier alpha value is -3.26. The van der Waals surface area contributed by atoms with E-state index in [0.717, 1.165) is 17.7 Å². The minimum absolute atomic E-state index is 0.204. The second-order valence-corrected chi connectivity index (χ2v) is 7.96. The number of hydrogen-bond acceptors (Lipinski definition) is 5. The number of ether oxygens (including phenoxy) is 1. The third-order valence-electron chi connectivity index (χ3n) is 4.97. The van der Waals surface area contributed by atoms with Gasteiger partial charge in [-0.15, -0.1) is 10.2 Å². The molecule has 0 bridgehead atoms. The van der Waals surface area contributed by atoms with Gasteiger partial charge in [-0.25, -0.2) is 0 Å². The Morgan fingerprint density at radius 2 is 1.84 bits per heavy atom. The molecule has 31 heavy (non-hydrogen) atoms. The number of fused-ring (bicyclic) bond motifs is 1. The lowest BCUT2D eigenvalue weighted by Crippen LogP contribution is -2.55. The Labute approximate surface area is 182 Å². The summed E-state index contributed by atoms with van der Waals surface area (Å²) in [6, 6.07) is 15.1. The van der Waals surface area contributed by atoms with Gasteiger partial charge < -0.3 is 15.4 Å². The highest BCUT2D eigenvalue weighted by Crippen LogP contribution is 2.18. The summed E-state index contributed by atoms with van der Waals surface area (Å²) < 4.78 is 7.89. The van der Waals surface area contributed by atoms with Gasteiger partial charge in [0.1, 0.15) is 11.6 Å². The van der Waals surface area contributed by atoms with Crippen molar-refractivity contribution in [2.45, 2.75) is 52.3 Å². The summed E-state index contributed by atoms with van der Waals surface area (Å²) in [5.74, 6) is -0.0209. The summed E-state index contributed by atoms with van der Waals surface area (Å²) in [5, 5.41) is 14.3. The number of benzene rings is 1. The van der Waals surface area contributed by atoms with E-state index in [4.69, 9.17) is 4.74 Å². The van der Waals surface area contributed by atoms with Crippen LogP contribution in [0.25, 0.3) is 5.65 Å². The molecule has 0 aliphatic carbocycles.